The number of halogens is 1. The van der Waals surface area contributed by atoms with Gasteiger partial charge in [0.2, 0.25) is 0 Å². The van der Waals surface area contributed by atoms with Gasteiger partial charge in [-0.2, -0.15) is 0 Å². The minimum atomic E-state index is 0.192. The van der Waals surface area contributed by atoms with E-state index in [1.807, 2.05) is 6.07 Å². The largest absolute Gasteiger partial charge is 0.495 e. The van der Waals surface area contributed by atoms with Crippen molar-refractivity contribution in [2.75, 3.05) is 14.2 Å². The Morgan fingerprint density at radius 3 is 2.55 bits per heavy atom. The van der Waals surface area contributed by atoms with E-state index in [9.17, 15) is 0 Å². The zero-order chi connectivity index (χ0) is 14.9. The first-order valence-electron chi connectivity index (χ1n) is 7.05. The van der Waals surface area contributed by atoms with E-state index in [0.29, 0.717) is 11.3 Å². The maximum atomic E-state index is 6.37. The van der Waals surface area contributed by atoms with Crippen LogP contribution in [0.3, 0.4) is 0 Å². The van der Waals surface area contributed by atoms with Crippen molar-refractivity contribution in [2.45, 2.75) is 45.1 Å². The second kappa shape index (κ2) is 5.94. The predicted octanol–water partition coefficient (Wildman–Crippen LogP) is 4.09. The molecule has 1 aliphatic carbocycles. The van der Waals surface area contributed by atoms with Crippen molar-refractivity contribution >= 4 is 15.9 Å². The van der Waals surface area contributed by atoms with Crippen molar-refractivity contribution in [3.8, 4) is 11.5 Å². The van der Waals surface area contributed by atoms with E-state index in [1.54, 1.807) is 14.2 Å². The van der Waals surface area contributed by atoms with Crippen LogP contribution in [0.15, 0.2) is 16.6 Å². The number of methoxy groups -OCH3 is 2. The summed E-state index contributed by atoms with van der Waals surface area (Å²) in [6.07, 6.45) is 3.33. The van der Waals surface area contributed by atoms with E-state index < -0.39 is 0 Å². The Bertz CT molecular complexity index is 488. The first-order chi connectivity index (χ1) is 9.39. The summed E-state index contributed by atoms with van der Waals surface area (Å²) in [5, 5.41) is 0. The molecule has 2 atom stereocenters. The molecule has 112 valence electrons. The van der Waals surface area contributed by atoms with E-state index in [-0.39, 0.29) is 6.04 Å². The average Bonchev–Trinajstić information content (AvgIpc) is 2.41. The van der Waals surface area contributed by atoms with Gasteiger partial charge in [0.25, 0.3) is 0 Å². The van der Waals surface area contributed by atoms with E-state index in [2.05, 4.69) is 35.8 Å². The molecule has 1 fully saturated rings. The Hall–Kier alpha value is -0.740. The second-order valence-corrected chi connectivity index (χ2v) is 7.17. The topological polar surface area (TPSA) is 44.5 Å². The van der Waals surface area contributed by atoms with Crippen LogP contribution in [0.2, 0.25) is 0 Å². The summed E-state index contributed by atoms with van der Waals surface area (Å²) >= 11 is 3.58. The number of nitrogens with two attached hydrogens (primary N) is 1. The summed E-state index contributed by atoms with van der Waals surface area (Å²) < 4.78 is 11.8. The summed E-state index contributed by atoms with van der Waals surface area (Å²) in [6, 6.07) is 4.27. The molecule has 0 bridgehead atoms. The maximum absolute atomic E-state index is 6.37. The minimum absolute atomic E-state index is 0.192. The molecule has 0 aromatic heterocycles. The van der Waals surface area contributed by atoms with Gasteiger partial charge in [0.05, 0.1) is 14.2 Å². The van der Waals surface area contributed by atoms with Crippen molar-refractivity contribution < 1.29 is 9.47 Å². The zero-order valence-electron chi connectivity index (χ0n) is 12.7. The van der Waals surface area contributed by atoms with Gasteiger partial charge >= 0.3 is 0 Å². The van der Waals surface area contributed by atoms with Crippen molar-refractivity contribution in [1.29, 1.82) is 0 Å². The third-order valence-corrected chi connectivity index (χ3v) is 5.11. The lowest BCUT2D eigenvalue weighted by atomic mass is 9.68. The van der Waals surface area contributed by atoms with Gasteiger partial charge in [-0.15, -0.1) is 0 Å². The van der Waals surface area contributed by atoms with Gasteiger partial charge in [-0.1, -0.05) is 19.9 Å². The molecule has 1 aromatic rings. The Labute approximate surface area is 130 Å². The minimum Gasteiger partial charge on any atom is -0.495 e. The number of hydrogen-bond donors (Lipinski definition) is 1. The third-order valence-electron chi connectivity index (χ3n) is 4.36. The summed E-state index contributed by atoms with van der Waals surface area (Å²) in [5.74, 6) is 1.97. The third kappa shape index (κ3) is 2.96. The van der Waals surface area contributed by atoms with E-state index in [1.165, 1.54) is 12.0 Å². The van der Waals surface area contributed by atoms with Gasteiger partial charge in [0, 0.05) is 17.5 Å². The average molecular weight is 342 g/mol. The summed E-state index contributed by atoms with van der Waals surface area (Å²) in [5.41, 5.74) is 7.89. The van der Waals surface area contributed by atoms with Crippen LogP contribution in [0, 0.1) is 5.41 Å². The summed E-state index contributed by atoms with van der Waals surface area (Å²) in [7, 11) is 3.36. The Morgan fingerprint density at radius 2 is 1.95 bits per heavy atom. The normalized spacial score (nSPS) is 25.3. The number of benzene rings is 1. The quantitative estimate of drug-likeness (QED) is 0.900. The molecule has 20 heavy (non-hydrogen) atoms. The Morgan fingerprint density at radius 1 is 1.25 bits per heavy atom. The maximum Gasteiger partial charge on any atom is 0.140 e. The molecular weight excluding hydrogens is 318 g/mol. The fourth-order valence-electron chi connectivity index (χ4n) is 3.16. The molecule has 0 aliphatic heterocycles. The molecule has 0 heterocycles. The summed E-state index contributed by atoms with van der Waals surface area (Å²) in [6.45, 7) is 4.63. The lowest BCUT2D eigenvalue weighted by Crippen LogP contribution is -2.37. The Balaban J connectivity index is 2.43. The smallest absolute Gasteiger partial charge is 0.140 e. The van der Waals surface area contributed by atoms with Crippen LogP contribution in [-0.4, -0.2) is 20.3 Å². The molecule has 0 saturated heterocycles. The highest BCUT2D eigenvalue weighted by atomic mass is 79.9. The molecule has 1 aliphatic rings. The van der Waals surface area contributed by atoms with Crippen LogP contribution in [0.5, 0.6) is 11.5 Å². The molecule has 4 heteroatoms. The van der Waals surface area contributed by atoms with Gasteiger partial charge in [-0.25, -0.2) is 0 Å². The highest BCUT2D eigenvalue weighted by molar-refractivity contribution is 9.10. The molecule has 2 unspecified atom stereocenters. The van der Waals surface area contributed by atoms with Crippen LogP contribution < -0.4 is 15.2 Å². The number of hydrogen-bond acceptors (Lipinski definition) is 3. The fraction of sp³-hybridized carbons (Fsp3) is 0.625. The lowest BCUT2D eigenvalue weighted by Gasteiger charge is -2.40. The van der Waals surface area contributed by atoms with Crippen LogP contribution in [-0.2, 0) is 0 Å². The first-order valence-corrected chi connectivity index (χ1v) is 7.85. The van der Waals surface area contributed by atoms with Crippen molar-refractivity contribution in [3.05, 3.63) is 22.2 Å². The van der Waals surface area contributed by atoms with Gasteiger partial charge in [0.1, 0.15) is 16.0 Å². The van der Waals surface area contributed by atoms with Crippen LogP contribution in [0.1, 0.15) is 44.6 Å². The number of rotatable bonds is 3. The molecule has 2 rings (SSSR count). The lowest BCUT2D eigenvalue weighted by molar-refractivity contribution is 0.196. The van der Waals surface area contributed by atoms with Crippen LogP contribution >= 0.6 is 15.9 Å². The van der Waals surface area contributed by atoms with E-state index >= 15 is 0 Å². The molecule has 1 saturated carbocycles. The highest BCUT2D eigenvalue weighted by Crippen LogP contribution is 2.48. The predicted molar refractivity (Wildman–Crippen MR) is 85.6 cm³/mol. The van der Waals surface area contributed by atoms with Crippen molar-refractivity contribution in [1.82, 2.24) is 0 Å². The fourth-order valence-corrected chi connectivity index (χ4v) is 3.84. The van der Waals surface area contributed by atoms with Crippen molar-refractivity contribution in [3.63, 3.8) is 0 Å². The zero-order valence-corrected chi connectivity index (χ0v) is 14.3. The standard InChI is InChI=1S/C16H24BrNO2/c1-16(2)8-7-12(18)11(9-16)10-5-6-13(19-3)14(17)15(10)20-4/h5-6,11-12H,7-9,18H2,1-4H3. The molecule has 0 radical (unpaired) electrons. The van der Waals surface area contributed by atoms with Gasteiger partial charge in [-0.05, 0) is 46.7 Å². The van der Waals surface area contributed by atoms with Crippen LogP contribution in [0.4, 0.5) is 0 Å². The van der Waals surface area contributed by atoms with E-state index in [4.69, 9.17) is 15.2 Å². The highest BCUT2D eigenvalue weighted by Gasteiger charge is 2.35. The Kier molecular flexibility index (Phi) is 4.65. The second-order valence-electron chi connectivity index (χ2n) is 6.38. The molecule has 1 aromatic carbocycles. The van der Waals surface area contributed by atoms with E-state index in [0.717, 1.165) is 28.8 Å². The molecule has 0 spiro atoms. The molecule has 0 amide bonds. The SMILES string of the molecule is COc1ccc(C2CC(C)(C)CCC2N)c(OC)c1Br. The first kappa shape index (κ1) is 15.6. The molecular formula is C16H24BrNO2. The molecule has 2 N–H and O–H groups in total. The van der Waals surface area contributed by atoms with Crippen molar-refractivity contribution in [2.24, 2.45) is 11.1 Å². The summed E-state index contributed by atoms with van der Waals surface area (Å²) in [4.78, 5) is 0. The van der Waals surface area contributed by atoms with Gasteiger partial charge < -0.3 is 15.2 Å². The molecule has 3 nitrogen and oxygen atoms in total. The van der Waals surface area contributed by atoms with Gasteiger partial charge in [0.15, 0.2) is 0 Å². The van der Waals surface area contributed by atoms with Gasteiger partial charge in [-0.3, -0.25) is 0 Å². The number of ether oxygens (including phenoxy) is 2. The van der Waals surface area contributed by atoms with Crippen LogP contribution in [0.25, 0.3) is 0 Å². The monoisotopic (exact) mass is 341 g/mol.